The summed E-state index contributed by atoms with van der Waals surface area (Å²) in [6, 6.07) is 3.55. The summed E-state index contributed by atoms with van der Waals surface area (Å²) in [5.74, 6) is -16.1. The highest BCUT2D eigenvalue weighted by Gasteiger charge is 2.45. The summed E-state index contributed by atoms with van der Waals surface area (Å²) in [4.78, 5) is 251. The summed E-state index contributed by atoms with van der Waals surface area (Å²) in [5.41, 5.74) is 12.1. The molecule has 722 valence electrons. The molecule has 2 aromatic heterocycles. The summed E-state index contributed by atoms with van der Waals surface area (Å²) in [7, 11) is 0. The second-order valence-corrected chi connectivity index (χ2v) is 34.6. The number of nitrogens with zero attached hydrogens (tertiary/aromatic N) is 7. The Morgan fingerprint density at radius 1 is 0.550 bits per heavy atom. The number of amides is 12. The lowest BCUT2D eigenvalue weighted by molar-refractivity contribution is -0.147. The third-order valence-electron chi connectivity index (χ3n) is 22.2. The van der Waals surface area contributed by atoms with Crippen LogP contribution >= 0.6 is 11.8 Å². The minimum absolute atomic E-state index is 0.0231. The third kappa shape index (κ3) is 38.0. The number of carbonyl (C=O) groups is 18. The normalized spacial score (nSPS) is 18.3. The zero-order valence-corrected chi connectivity index (χ0v) is 75.5. The van der Waals surface area contributed by atoms with Crippen molar-refractivity contribution in [3.8, 4) is 0 Å². The van der Waals surface area contributed by atoms with Gasteiger partial charge in [0, 0.05) is 143 Å². The van der Waals surface area contributed by atoms with Gasteiger partial charge in [0.25, 0.3) is 5.91 Å². The fraction of sp³-hybridized carbons (Fsp3) is 0.583. The number of benzene rings is 2. The lowest BCUT2D eigenvalue weighted by Crippen LogP contribution is -2.60. The molecule has 10 atom stereocenters. The number of carbonyl (C=O) groups excluding carboxylic acids is 12. The minimum atomic E-state index is -1.50. The van der Waals surface area contributed by atoms with Crippen LogP contribution in [0, 0.1) is 11.8 Å². The molecule has 1 saturated carbocycles. The van der Waals surface area contributed by atoms with Crippen LogP contribution in [0.4, 0.5) is 5.69 Å². The second kappa shape index (κ2) is 53.8. The van der Waals surface area contributed by atoms with Gasteiger partial charge in [-0.15, -0.1) is 0 Å². The van der Waals surface area contributed by atoms with Gasteiger partial charge < -0.3 is 111 Å². The number of nitrogens with one attached hydrogen (secondary N) is 13. The Labute approximate surface area is 760 Å². The number of hydrogen-bond donors (Lipinski definition) is 21. The minimum Gasteiger partial charge on any atom is -0.480 e. The van der Waals surface area contributed by atoms with E-state index in [0.29, 0.717) is 41.0 Å². The first-order chi connectivity index (χ1) is 62.0. The molecule has 2 aromatic carbocycles. The molecular formula is C84H126N22O24S. The monoisotopic (exact) mass is 1860 g/mol. The zero-order valence-electron chi connectivity index (χ0n) is 74.6. The number of nitrogens with two attached hydrogens (primary N) is 2. The lowest BCUT2D eigenvalue weighted by atomic mass is 9.89. The number of rotatable bonds is 48. The van der Waals surface area contributed by atoms with Gasteiger partial charge in [-0.3, -0.25) is 116 Å². The van der Waals surface area contributed by atoms with Crippen molar-refractivity contribution in [2.24, 2.45) is 23.3 Å². The van der Waals surface area contributed by atoms with Gasteiger partial charge in [-0.05, 0) is 106 Å². The van der Waals surface area contributed by atoms with Gasteiger partial charge in [-0.25, -0.2) is 4.98 Å². The van der Waals surface area contributed by atoms with Crippen LogP contribution in [0.25, 0.3) is 10.9 Å². The quantitative estimate of drug-likeness (QED) is 0.0199. The Morgan fingerprint density at radius 2 is 1.08 bits per heavy atom. The van der Waals surface area contributed by atoms with Gasteiger partial charge in [0.15, 0.2) is 0 Å². The fourth-order valence-corrected chi connectivity index (χ4v) is 15.8. The van der Waals surface area contributed by atoms with Crippen LogP contribution in [0.2, 0.25) is 0 Å². The predicted octanol–water partition coefficient (Wildman–Crippen LogP) is -4.23. The van der Waals surface area contributed by atoms with E-state index in [0.717, 1.165) is 25.7 Å². The first-order valence-electron chi connectivity index (χ1n) is 43.1. The average molecular weight is 1860 g/mol. The van der Waals surface area contributed by atoms with Crippen molar-refractivity contribution in [1.82, 2.24) is 97.5 Å². The summed E-state index contributed by atoms with van der Waals surface area (Å²) in [5, 5.41) is 86.3. The van der Waals surface area contributed by atoms with Crippen LogP contribution in [0.5, 0.6) is 0 Å². The molecule has 2 aliphatic heterocycles. The van der Waals surface area contributed by atoms with Gasteiger partial charge >= 0.3 is 35.8 Å². The number of fused-ring (bicyclic) bond motifs is 2. The number of H-pyrrole nitrogens is 2. The molecule has 3 fully saturated rings. The maximum atomic E-state index is 14.5. The molecule has 1 aliphatic carbocycles. The average Bonchev–Trinajstić information content (AvgIpc) is 1.67. The predicted molar refractivity (Wildman–Crippen MR) is 476 cm³/mol. The number of para-hydroxylation sites is 1. The molecule has 23 N–H and O–H groups in total. The third-order valence-corrected chi connectivity index (χ3v) is 22.8. The SMILES string of the molecule is CC1(N(CC(=O)O)CC(=O)O)CN[C@@H]2CCCC[C@H]2N(CC(=O)O)C1.CSCC[C@H](NC(=O)[C@H](CC(C)C)NC(=O)[C@H](Cc1cnc[nH]1)NC(=O)CNC(=O)[C@@H](NC(=O)[C@H](C)NC(=O)[C@H](Cc1c[nH]c2ccccc12)NC(=O)[C@H](CCC(N)=O)NC(=O)c1ccc(NC(=O)CNC(=O)CN2CCN(CC(=O)O)CCN(CC(=O)O)CCN(CC(=O)O)CC2)cc1)C(C)C)C(N)=O. The summed E-state index contributed by atoms with van der Waals surface area (Å²) in [6.45, 7) is 8.63. The molecule has 0 radical (unpaired) electrons. The smallest absolute Gasteiger partial charge is 0.317 e. The number of aliphatic carboxylic acids is 6. The Bertz CT molecular complexity index is 4530. The topological polar surface area (TPSA) is 677 Å². The Kier molecular flexibility index (Phi) is 44.1. The van der Waals surface area contributed by atoms with Crippen molar-refractivity contribution in [3.05, 3.63) is 84.1 Å². The molecule has 3 aliphatic rings. The van der Waals surface area contributed by atoms with Crippen LogP contribution < -0.4 is 70.0 Å². The van der Waals surface area contributed by atoms with Crippen molar-refractivity contribution < 1.29 is 117 Å². The molecule has 131 heavy (non-hydrogen) atoms. The second-order valence-electron chi connectivity index (χ2n) is 33.6. The molecule has 7 rings (SSSR count). The van der Waals surface area contributed by atoms with Gasteiger partial charge in [0.1, 0.15) is 42.3 Å². The lowest BCUT2D eigenvalue weighted by Gasteiger charge is -2.42. The van der Waals surface area contributed by atoms with Gasteiger partial charge in [-0.2, -0.15) is 11.8 Å². The molecule has 12 amide bonds. The number of carboxylic acid groups (broad SMARTS) is 6. The molecule has 0 bridgehead atoms. The number of carboxylic acids is 6. The highest BCUT2D eigenvalue weighted by atomic mass is 32.2. The van der Waals surface area contributed by atoms with Gasteiger partial charge in [0.05, 0.1) is 65.2 Å². The number of aromatic nitrogens is 3. The van der Waals surface area contributed by atoms with Crippen LogP contribution in [-0.2, 0) is 94.3 Å². The highest BCUT2D eigenvalue weighted by Crippen LogP contribution is 2.30. The van der Waals surface area contributed by atoms with Crippen molar-refractivity contribution in [3.63, 3.8) is 0 Å². The molecule has 2 saturated heterocycles. The highest BCUT2D eigenvalue weighted by molar-refractivity contribution is 7.98. The van der Waals surface area contributed by atoms with Gasteiger partial charge in [-0.1, -0.05) is 58.7 Å². The van der Waals surface area contributed by atoms with E-state index in [-0.39, 0.29) is 146 Å². The maximum Gasteiger partial charge on any atom is 0.317 e. The van der Waals surface area contributed by atoms with E-state index in [1.807, 2.05) is 25.0 Å². The molecule has 4 heterocycles. The maximum absolute atomic E-state index is 14.5. The number of primary amides is 2. The van der Waals surface area contributed by atoms with E-state index in [2.05, 4.69) is 73.4 Å². The summed E-state index contributed by atoms with van der Waals surface area (Å²) in [6.07, 6.45) is 9.53. The number of imidazole rings is 1. The van der Waals surface area contributed by atoms with E-state index in [1.54, 1.807) is 70.8 Å². The largest absolute Gasteiger partial charge is 0.480 e. The first kappa shape index (κ1) is 107. The van der Waals surface area contributed by atoms with Gasteiger partial charge in [0.2, 0.25) is 65.0 Å². The van der Waals surface area contributed by atoms with E-state index in [9.17, 15) is 107 Å². The Balaban J connectivity index is 0.000000903. The fourth-order valence-electron chi connectivity index (χ4n) is 15.3. The Hall–Kier alpha value is -12.3. The van der Waals surface area contributed by atoms with E-state index >= 15 is 0 Å². The number of hydrogen-bond acceptors (Lipinski definition) is 27. The molecule has 4 aromatic rings. The van der Waals surface area contributed by atoms with E-state index < -0.39 is 193 Å². The number of anilines is 1. The molecular weight excluding hydrogens is 1730 g/mol. The molecule has 46 nitrogen and oxygen atoms in total. The van der Waals surface area contributed by atoms with Crippen molar-refractivity contribution >= 4 is 135 Å². The van der Waals surface area contributed by atoms with Crippen molar-refractivity contribution in [2.75, 3.05) is 142 Å². The standard InChI is InChI=1S/C68H99N19O18S.C16H27N3O6/c1-39(2)27-50(66(103)79-48(61(70)98)17-26-106-6)81-67(104)52(29-45-31-71-38-75-45)78-55(90)33-74-68(105)60(40(3)4)83-62(99)41(5)76-65(102)51(28-43-30-72-47-10-8-7-9-46(43)47)82-64(101)49(15-16-53(69)88)80-63(100)42-11-13-44(14-12-42)77-54(89)32-73-56(91)34-84-18-20-85(35-57(92)93)22-24-87(37-59(96)97)25-23-86(21-19-84)36-58(94)95;1-16(19(7-14(22)23)8-15(24)25)9-17-11-4-2-3-5-12(11)18(10-16)6-13(20)21/h7-14,30-31,38-41,48-52,60,72H,15-29,32-37H2,1-6H3,(H2,69,88)(H2,70,98)(H,71,75)(H,73,91)(H,74,105)(H,76,102)(H,77,89)(H,78,90)(H,79,103)(H,80,100)(H,81,104)(H,82,101)(H,83,99)(H,92,93)(H,94,95)(H,96,97);11-12,17H,2-10H2,1H3,(H,20,21)(H,22,23)(H,24,25)/t41-,48-,49-,50-,51-,52-,60-;11-,12-,16?/m01/s1. The van der Waals surface area contributed by atoms with Crippen LogP contribution in [0.15, 0.2) is 67.3 Å². The molecule has 0 spiro atoms. The van der Waals surface area contributed by atoms with Crippen molar-refractivity contribution in [1.29, 1.82) is 0 Å². The molecule has 47 heteroatoms. The first-order valence-corrected chi connectivity index (χ1v) is 44.5. The van der Waals surface area contributed by atoms with E-state index in [4.69, 9.17) is 21.7 Å². The van der Waals surface area contributed by atoms with Crippen LogP contribution in [-0.4, -0.2) is 378 Å². The van der Waals surface area contributed by atoms with Crippen molar-refractivity contribution in [2.45, 2.75) is 166 Å². The van der Waals surface area contributed by atoms with Crippen LogP contribution in [0.1, 0.15) is 115 Å². The molecule has 1 unspecified atom stereocenters. The van der Waals surface area contributed by atoms with E-state index in [1.165, 1.54) is 60.4 Å². The zero-order chi connectivity index (χ0) is 96.8. The Morgan fingerprint density at radius 3 is 1.63 bits per heavy atom. The number of aromatic amines is 2. The summed E-state index contributed by atoms with van der Waals surface area (Å²) >= 11 is 1.45. The van der Waals surface area contributed by atoms with Crippen LogP contribution in [0.3, 0.4) is 0 Å². The number of thioether (sulfide) groups is 1. The summed E-state index contributed by atoms with van der Waals surface area (Å²) < 4.78 is 0.